The summed E-state index contributed by atoms with van der Waals surface area (Å²) in [6.07, 6.45) is -1.20. The Morgan fingerprint density at radius 3 is 2.71 bits per heavy atom. The molecular weight excluding hydrogens is 184 g/mol. The van der Waals surface area contributed by atoms with Crippen molar-refractivity contribution in [2.24, 2.45) is 0 Å². The zero-order valence-corrected chi connectivity index (χ0v) is 7.55. The molecule has 0 saturated carbocycles. The topological polar surface area (TPSA) is 77.8 Å². The molecule has 0 saturated heterocycles. The Morgan fingerprint density at radius 2 is 2.14 bits per heavy atom. The third kappa shape index (κ3) is 2.55. The van der Waals surface area contributed by atoms with Crippen molar-refractivity contribution >= 4 is 5.78 Å². The van der Waals surface area contributed by atoms with Crippen LogP contribution in [0.1, 0.15) is 16.8 Å². The van der Waals surface area contributed by atoms with Crippen LogP contribution in [0.2, 0.25) is 0 Å². The Kier molecular flexibility index (Phi) is 3.62. The highest BCUT2D eigenvalue weighted by Crippen LogP contribution is 2.13. The van der Waals surface area contributed by atoms with Gasteiger partial charge in [0.1, 0.15) is 11.9 Å². The highest BCUT2D eigenvalue weighted by atomic mass is 16.3. The number of carbonyl (C=O) groups is 1. The van der Waals surface area contributed by atoms with Crippen LogP contribution in [0.4, 0.5) is 0 Å². The highest BCUT2D eigenvalue weighted by Gasteiger charge is 2.16. The van der Waals surface area contributed by atoms with Gasteiger partial charge in [-0.05, 0) is 12.1 Å². The lowest BCUT2D eigenvalue weighted by molar-refractivity contribution is 0.0686. The summed E-state index contributed by atoms with van der Waals surface area (Å²) in [5.41, 5.74) is 0.242. The molecule has 0 fully saturated rings. The zero-order chi connectivity index (χ0) is 10.6. The molecule has 4 nitrogen and oxygen atoms in total. The maximum absolute atomic E-state index is 11.4. The smallest absolute Gasteiger partial charge is 0.191 e. The van der Waals surface area contributed by atoms with Crippen LogP contribution in [0, 0.1) is 0 Å². The summed E-state index contributed by atoms with van der Waals surface area (Å²) in [7, 11) is 0. The number of hydrogen-bond acceptors (Lipinski definition) is 4. The van der Waals surface area contributed by atoms with Crippen molar-refractivity contribution in [3.8, 4) is 5.75 Å². The maximum Gasteiger partial charge on any atom is 0.191 e. The maximum atomic E-state index is 11.4. The van der Waals surface area contributed by atoms with Crippen LogP contribution in [0.25, 0.3) is 0 Å². The van der Waals surface area contributed by atoms with Gasteiger partial charge < -0.3 is 15.3 Å². The molecule has 14 heavy (non-hydrogen) atoms. The molecule has 1 atom stereocenters. The molecule has 4 heteroatoms. The first-order chi connectivity index (χ1) is 6.65. The van der Waals surface area contributed by atoms with Gasteiger partial charge in [-0.15, -0.1) is 0 Å². The third-order valence-corrected chi connectivity index (χ3v) is 1.84. The Bertz CT molecular complexity index is 322. The van der Waals surface area contributed by atoms with Gasteiger partial charge in [-0.3, -0.25) is 4.79 Å². The predicted molar refractivity (Wildman–Crippen MR) is 50.1 cm³/mol. The summed E-state index contributed by atoms with van der Waals surface area (Å²) in [5.74, 6) is -0.512. The first-order valence-corrected chi connectivity index (χ1v) is 4.27. The lowest BCUT2D eigenvalue weighted by Crippen LogP contribution is -2.21. The SMILES string of the molecule is O=C(c1cccc(O)c1)C(O)CCO. The number of phenolic OH excluding ortho intramolecular Hbond substituents is 1. The number of benzene rings is 1. The van der Waals surface area contributed by atoms with E-state index in [0.29, 0.717) is 0 Å². The van der Waals surface area contributed by atoms with Gasteiger partial charge in [0.25, 0.3) is 0 Å². The molecule has 0 aromatic heterocycles. The molecule has 0 aliphatic carbocycles. The number of rotatable bonds is 4. The van der Waals surface area contributed by atoms with E-state index in [-0.39, 0.29) is 24.3 Å². The van der Waals surface area contributed by atoms with E-state index >= 15 is 0 Å². The lowest BCUT2D eigenvalue weighted by Gasteiger charge is -2.07. The Balaban J connectivity index is 2.78. The monoisotopic (exact) mass is 196 g/mol. The van der Waals surface area contributed by atoms with E-state index in [9.17, 15) is 9.90 Å². The van der Waals surface area contributed by atoms with Crippen molar-refractivity contribution in [2.75, 3.05) is 6.61 Å². The van der Waals surface area contributed by atoms with Crippen molar-refractivity contribution < 1.29 is 20.1 Å². The van der Waals surface area contributed by atoms with E-state index in [1.54, 1.807) is 0 Å². The van der Waals surface area contributed by atoms with E-state index in [1.807, 2.05) is 0 Å². The summed E-state index contributed by atoms with van der Waals surface area (Å²) < 4.78 is 0. The normalized spacial score (nSPS) is 12.4. The van der Waals surface area contributed by atoms with Crippen LogP contribution in [-0.4, -0.2) is 33.8 Å². The number of Topliss-reactive ketones (excluding diaryl/α,β-unsaturated/α-hetero) is 1. The number of aromatic hydroxyl groups is 1. The molecule has 1 unspecified atom stereocenters. The van der Waals surface area contributed by atoms with Crippen molar-refractivity contribution in [1.29, 1.82) is 0 Å². The number of aliphatic hydroxyl groups is 2. The van der Waals surface area contributed by atoms with Crippen molar-refractivity contribution in [3.63, 3.8) is 0 Å². The molecule has 1 rings (SSSR count). The van der Waals surface area contributed by atoms with Gasteiger partial charge in [-0.25, -0.2) is 0 Å². The van der Waals surface area contributed by atoms with Crippen molar-refractivity contribution in [3.05, 3.63) is 29.8 Å². The molecule has 1 aromatic rings. The van der Waals surface area contributed by atoms with Crippen LogP contribution in [-0.2, 0) is 0 Å². The van der Waals surface area contributed by atoms with E-state index in [0.717, 1.165) is 0 Å². The fraction of sp³-hybridized carbons (Fsp3) is 0.300. The predicted octanol–water partition coefficient (Wildman–Crippen LogP) is 0.318. The van der Waals surface area contributed by atoms with E-state index < -0.39 is 11.9 Å². The number of carbonyl (C=O) groups excluding carboxylic acids is 1. The fourth-order valence-electron chi connectivity index (χ4n) is 1.10. The molecule has 76 valence electrons. The Morgan fingerprint density at radius 1 is 1.43 bits per heavy atom. The minimum Gasteiger partial charge on any atom is -0.508 e. The second-order valence-corrected chi connectivity index (χ2v) is 2.94. The average molecular weight is 196 g/mol. The Hall–Kier alpha value is -1.39. The molecule has 0 spiro atoms. The van der Waals surface area contributed by atoms with Crippen molar-refractivity contribution in [1.82, 2.24) is 0 Å². The fourth-order valence-corrected chi connectivity index (χ4v) is 1.10. The van der Waals surface area contributed by atoms with Gasteiger partial charge in [0.15, 0.2) is 5.78 Å². The number of hydrogen-bond donors (Lipinski definition) is 3. The molecule has 0 aliphatic rings. The second-order valence-electron chi connectivity index (χ2n) is 2.94. The number of aliphatic hydroxyl groups excluding tert-OH is 2. The first-order valence-electron chi connectivity index (χ1n) is 4.27. The van der Waals surface area contributed by atoms with Gasteiger partial charge in [0.05, 0.1) is 0 Å². The minimum atomic E-state index is -1.21. The van der Waals surface area contributed by atoms with Gasteiger partial charge in [0.2, 0.25) is 0 Å². The molecule has 0 radical (unpaired) electrons. The lowest BCUT2D eigenvalue weighted by atomic mass is 10.0. The number of ketones is 1. The minimum absolute atomic E-state index is 0.00842. The highest BCUT2D eigenvalue weighted by molar-refractivity contribution is 5.99. The van der Waals surface area contributed by atoms with Crippen LogP contribution < -0.4 is 0 Å². The summed E-state index contributed by atoms with van der Waals surface area (Å²) in [6, 6.07) is 5.75. The Labute approximate surface area is 81.4 Å². The molecule has 0 bridgehead atoms. The van der Waals surface area contributed by atoms with E-state index in [4.69, 9.17) is 10.2 Å². The molecule has 0 aliphatic heterocycles. The molecule has 3 N–H and O–H groups in total. The summed E-state index contributed by atoms with van der Waals surface area (Å²) in [6.45, 7) is -0.244. The standard InChI is InChI=1S/C10H12O4/c11-5-4-9(13)10(14)7-2-1-3-8(12)6-7/h1-3,6,9,11-13H,4-5H2. The summed E-state index contributed by atoms with van der Waals surface area (Å²) >= 11 is 0. The number of phenols is 1. The van der Waals surface area contributed by atoms with Crippen LogP contribution in [0.3, 0.4) is 0 Å². The molecule has 1 aromatic carbocycles. The molecule has 0 amide bonds. The van der Waals surface area contributed by atoms with Crippen molar-refractivity contribution in [2.45, 2.75) is 12.5 Å². The van der Waals surface area contributed by atoms with Crippen LogP contribution in [0.15, 0.2) is 24.3 Å². The first kappa shape index (κ1) is 10.7. The largest absolute Gasteiger partial charge is 0.508 e. The second kappa shape index (κ2) is 4.74. The van der Waals surface area contributed by atoms with E-state index in [1.165, 1.54) is 24.3 Å². The molecule has 0 heterocycles. The van der Waals surface area contributed by atoms with Gasteiger partial charge in [-0.2, -0.15) is 0 Å². The van der Waals surface area contributed by atoms with Gasteiger partial charge in [-0.1, -0.05) is 12.1 Å². The van der Waals surface area contributed by atoms with Crippen LogP contribution >= 0.6 is 0 Å². The molecular formula is C10H12O4. The van der Waals surface area contributed by atoms with Gasteiger partial charge in [0, 0.05) is 18.6 Å². The summed E-state index contributed by atoms with van der Waals surface area (Å²) in [4.78, 5) is 11.4. The quantitative estimate of drug-likeness (QED) is 0.606. The third-order valence-electron chi connectivity index (χ3n) is 1.84. The summed E-state index contributed by atoms with van der Waals surface area (Å²) in [5, 5.41) is 26.9. The average Bonchev–Trinajstić information content (AvgIpc) is 2.17. The van der Waals surface area contributed by atoms with E-state index in [2.05, 4.69) is 0 Å². The van der Waals surface area contributed by atoms with Crippen LogP contribution in [0.5, 0.6) is 5.75 Å². The van der Waals surface area contributed by atoms with Gasteiger partial charge >= 0.3 is 0 Å². The zero-order valence-electron chi connectivity index (χ0n) is 7.55.